The van der Waals surface area contributed by atoms with Gasteiger partial charge in [-0.1, -0.05) is 18.9 Å². The summed E-state index contributed by atoms with van der Waals surface area (Å²) in [6.45, 7) is 7.75. The number of nitrogens with zero attached hydrogens (tertiary/aromatic N) is 3. The zero-order chi connectivity index (χ0) is 23.0. The maximum Gasteiger partial charge on any atom is 0.358 e. The van der Waals surface area contributed by atoms with Crippen LogP contribution in [0.5, 0.6) is 0 Å². The number of esters is 1. The third-order valence-corrected chi connectivity index (χ3v) is 6.28. The quantitative estimate of drug-likeness (QED) is 0.724. The Bertz CT molecular complexity index is 1050. The average molecular weight is 439 g/mol. The highest BCUT2D eigenvalue weighted by molar-refractivity contribution is 6.12. The zero-order valence-electron chi connectivity index (χ0n) is 19.1. The summed E-state index contributed by atoms with van der Waals surface area (Å²) < 4.78 is 6.51. The van der Waals surface area contributed by atoms with Crippen LogP contribution < -0.4 is 10.2 Å². The Balaban J connectivity index is 1.79. The van der Waals surface area contributed by atoms with Crippen LogP contribution in [0.3, 0.4) is 0 Å². The summed E-state index contributed by atoms with van der Waals surface area (Å²) in [5.74, 6) is -1.17. The molecule has 0 spiro atoms. The number of hydrogen-bond acceptors (Lipinski definition) is 5. The first kappa shape index (κ1) is 22.0. The normalized spacial score (nSPS) is 20.9. The molecule has 0 unspecified atom stereocenters. The molecule has 2 amide bonds. The average Bonchev–Trinajstić information content (AvgIpc) is 3.37. The molecule has 0 saturated heterocycles. The molecule has 1 N–H and O–H groups in total. The fraction of sp³-hybridized carbons (Fsp3) is 0.500. The largest absolute Gasteiger partial charge is 0.461 e. The van der Waals surface area contributed by atoms with Crippen molar-refractivity contribution in [1.82, 2.24) is 15.1 Å². The number of nitrogens with one attached hydrogen (secondary N) is 1. The number of carbonyl (C=O) groups excluding carboxylic acids is 3. The van der Waals surface area contributed by atoms with Crippen LogP contribution in [-0.2, 0) is 16.1 Å². The molecular weight excluding hydrogens is 408 g/mol. The van der Waals surface area contributed by atoms with Crippen molar-refractivity contribution >= 4 is 23.5 Å². The Morgan fingerprint density at radius 2 is 1.81 bits per heavy atom. The van der Waals surface area contributed by atoms with E-state index in [0.29, 0.717) is 5.69 Å². The molecule has 1 atom stereocenters. The maximum absolute atomic E-state index is 13.7. The lowest BCUT2D eigenvalue weighted by Crippen LogP contribution is -2.65. The van der Waals surface area contributed by atoms with Gasteiger partial charge in [-0.25, -0.2) is 4.79 Å². The van der Waals surface area contributed by atoms with Gasteiger partial charge in [0.25, 0.3) is 5.91 Å². The fourth-order valence-corrected chi connectivity index (χ4v) is 4.78. The molecule has 2 heterocycles. The van der Waals surface area contributed by atoms with E-state index < -0.39 is 11.5 Å². The standard InChI is InChI=1S/C24H30N4O4/c1-5-32-22(30)19-13-20-21(29)28(18-11-15(2)10-16(3)12-18)24(4,14-27(20)26-19)23(31)25-17-8-6-7-9-17/h10-13,17H,5-9,14H2,1-4H3,(H,25,31)/t24-/m1/s1. The van der Waals surface area contributed by atoms with Gasteiger partial charge >= 0.3 is 5.97 Å². The molecule has 1 saturated carbocycles. The van der Waals surface area contributed by atoms with E-state index in [4.69, 9.17) is 4.74 Å². The van der Waals surface area contributed by atoms with Crippen LogP contribution in [-0.4, -0.2) is 45.8 Å². The van der Waals surface area contributed by atoms with Crippen molar-refractivity contribution in [2.45, 2.75) is 71.5 Å². The lowest BCUT2D eigenvalue weighted by Gasteiger charge is -2.43. The van der Waals surface area contributed by atoms with Crippen LogP contribution in [0, 0.1) is 13.8 Å². The van der Waals surface area contributed by atoms with E-state index >= 15 is 0 Å². The van der Waals surface area contributed by atoms with Crippen molar-refractivity contribution in [3.63, 3.8) is 0 Å². The summed E-state index contributed by atoms with van der Waals surface area (Å²) >= 11 is 0. The molecule has 0 radical (unpaired) electrons. The molecule has 1 aromatic heterocycles. The van der Waals surface area contributed by atoms with Gasteiger partial charge in [0, 0.05) is 17.8 Å². The molecule has 1 aromatic carbocycles. The number of anilines is 1. The number of aryl methyl sites for hydroxylation is 2. The summed E-state index contributed by atoms with van der Waals surface area (Å²) in [7, 11) is 0. The van der Waals surface area contributed by atoms with Crippen LogP contribution >= 0.6 is 0 Å². The van der Waals surface area contributed by atoms with Gasteiger partial charge in [0.05, 0.1) is 13.2 Å². The predicted octanol–water partition coefficient (Wildman–Crippen LogP) is 3.15. The van der Waals surface area contributed by atoms with Crippen LogP contribution in [0.15, 0.2) is 24.3 Å². The first-order valence-electron chi connectivity index (χ1n) is 11.2. The highest BCUT2D eigenvalue weighted by atomic mass is 16.5. The van der Waals surface area contributed by atoms with Gasteiger partial charge in [0.2, 0.25) is 5.91 Å². The lowest BCUT2D eigenvalue weighted by atomic mass is 9.93. The second-order valence-corrected chi connectivity index (χ2v) is 9.01. The minimum absolute atomic E-state index is 0.0658. The first-order valence-corrected chi connectivity index (χ1v) is 11.2. The van der Waals surface area contributed by atoms with Gasteiger partial charge in [-0.05, 0) is 63.8 Å². The van der Waals surface area contributed by atoms with Crippen LogP contribution in [0.25, 0.3) is 0 Å². The molecule has 1 aliphatic carbocycles. The van der Waals surface area contributed by atoms with E-state index in [2.05, 4.69) is 10.4 Å². The first-order chi connectivity index (χ1) is 15.2. The van der Waals surface area contributed by atoms with Crippen LogP contribution in [0.4, 0.5) is 5.69 Å². The molecule has 1 aliphatic heterocycles. The third kappa shape index (κ3) is 3.89. The molecule has 8 nitrogen and oxygen atoms in total. The molecule has 170 valence electrons. The Hall–Kier alpha value is -3.16. The summed E-state index contributed by atoms with van der Waals surface area (Å²) in [4.78, 5) is 41.1. The highest BCUT2D eigenvalue weighted by Crippen LogP contribution is 2.34. The third-order valence-electron chi connectivity index (χ3n) is 6.28. The zero-order valence-corrected chi connectivity index (χ0v) is 19.1. The van der Waals surface area contributed by atoms with Crippen molar-refractivity contribution in [3.8, 4) is 0 Å². The number of ether oxygens (including phenoxy) is 1. The smallest absolute Gasteiger partial charge is 0.358 e. The maximum atomic E-state index is 13.7. The number of aromatic nitrogens is 2. The van der Waals surface area contributed by atoms with Crippen molar-refractivity contribution in [2.75, 3.05) is 11.5 Å². The molecular formula is C24H30N4O4. The number of hydrogen-bond donors (Lipinski definition) is 1. The number of carbonyl (C=O) groups is 3. The monoisotopic (exact) mass is 438 g/mol. The van der Waals surface area contributed by atoms with E-state index in [1.54, 1.807) is 18.7 Å². The van der Waals surface area contributed by atoms with Gasteiger partial charge in [0.1, 0.15) is 11.2 Å². The van der Waals surface area contributed by atoms with Gasteiger partial charge < -0.3 is 10.1 Å². The molecule has 1 fully saturated rings. The molecule has 2 aliphatic rings. The van der Waals surface area contributed by atoms with Crippen molar-refractivity contribution in [2.24, 2.45) is 0 Å². The summed E-state index contributed by atoms with van der Waals surface area (Å²) in [5, 5.41) is 7.46. The lowest BCUT2D eigenvalue weighted by molar-refractivity contribution is -0.127. The summed E-state index contributed by atoms with van der Waals surface area (Å²) in [5.41, 5.74) is 1.77. The minimum atomic E-state index is -1.20. The molecule has 0 bridgehead atoms. The van der Waals surface area contributed by atoms with E-state index in [1.165, 1.54) is 10.7 Å². The van der Waals surface area contributed by atoms with E-state index in [-0.39, 0.29) is 42.4 Å². The Kier molecular flexibility index (Phi) is 5.79. The molecule has 2 aromatic rings. The van der Waals surface area contributed by atoms with E-state index in [1.807, 2.05) is 32.0 Å². The van der Waals surface area contributed by atoms with Gasteiger partial charge in [-0.3, -0.25) is 19.2 Å². The molecule has 32 heavy (non-hydrogen) atoms. The van der Waals surface area contributed by atoms with Gasteiger partial charge in [-0.15, -0.1) is 0 Å². The topological polar surface area (TPSA) is 93.5 Å². The Morgan fingerprint density at radius 3 is 2.44 bits per heavy atom. The second-order valence-electron chi connectivity index (χ2n) is 9.01. The van der Waals surface area contributed by atoms with Crippen molar-refractivity contribution in [1.29, 1.82) is 0 Å². The number of amides is 2. The van der Waals surface area contributed by atoms with E-state index in [9.17, 15) is 14.4 Å². The molecule has 8 heteroatoms. The summed E-state index contributed by atoms with van der Waals surface area (Å²) in [6.07, 6.45) is 4.07. The number of benzene rings is 1. The van der Waals surface area contributed by atoms with Crippen LogP contribution in [0.2, 0.25) is 0 Å². The minimum Gasteiger partial charge on any atom is -0.461 e. The number of rotatable bonds is 5. The summed E-state index contributed by atoms with van der Waals surface area (Å²) in [6, 6.07) is 7.40. The second kappa shape index (κ2) is 8.41. The van der Waals surface area contributed by atoms with Gasteiger partial charge in [0.15, 0.2) is 5.69 Å². The van der Waals surface area contributed by atoms with E-state index in [0.717, 1.165) is 36.8 Å². The fourth-order valence-electron chi connectivity index (χ4n) is 4.78. The SMILES string of the molecule is CCOC(=O)c1cc2n(n1)C[C@](C)(C(=O)NC1CCCC1)N(c1cc(C)cc(C)c1)C2=O. The predicted molar refractivity (Wildman–Crippen MR) is 120 cm³/mol. The van der Waals surface area contributed by atoms with Gasteiger partial charge in [-0.2, -0.15) is 5.10 Å². The molecule has 4 rings (SSSR count). The van der Waals surface area contributed by atoms with Crippen LogP contribution in [0.1, 0.15) is 71.6 Å². The highest BCUT2D eigenvalue weighted by Gasteiger charge is 2.49. The number of fused-ring (bicyclic) bond motifs is 1. The van der Waals surface area contributed by atoms with Crippen molar-refractivity contribution in [3.05, 3.63) is 46.8 Å². The Morgan fingerprint density at radius 1 is 1.16 bits per heavy atom. The Labute approximate surface area is 187 Å². The van der Waals surface area contributed by atoms with Crippen molar-refractivity contribution < 1.29 is 19.1 Å².